The Morgan fingerprint density at radius 1 is 1.14 bits per heavy atom. The van der Waals surface area contributed by atoms with Gasteiger partial charge in [-0.3, -0.25) is 0 Å². The first kappa shape index (κ1) is 12.7. The van der Waals surface area contributed by atoms with E-state index >= 15 is 0 Å². The lowest BCUT2D eigenvalue weighted by Crippen LogP contribution is -2.39. The van der Waals surface area contributed by atoms with E-state index in [1.54, 1.807) is 7.11 Å². The van der Waals surface area contributed by atoms with Gasteiger partial charge in [0, 0.05) is 18.1 Å². The van der Waals surface area contributed by atoms with Crippen LogP contribution in [0.5, 0.6) is 11.5 Å². The second kappa shape index (κ2) is 4.78. The van der Waals surface area contributed by atoms with Crippen LogP contribution >= 0.6 is 0 Å². The van der Waals surface area contributed by atoms with E-state index in [2.05, 4.69) is 30.3 Å². The van der Waals surface area contributed by atoms with E-state index in [1.807, 2.05) is 18.2 Å². The summed E-state index contributed by atoms with van der Waals surface area (Å²) >= 11 is 0. The summed E-state index contributed by atoms with van der Waals surface area (Å²) in [6.45, 7) is 0.741. The molecular weight excluding hydrogens is 264 g/mol. The summed E-state index contributed by atoms with van der Waals surface area (Å²) in [6.07, 6.45) is 1.79. The third-order valence-electron chi connectivity index (χ3n) is 4.48. The van der Waals surface area contributed by atoms with Crippen LogP contribution in [0.3, 0.4) is 0 Å². The molecule has 21 heavy (non-hydrogen) atoms. The molecule has 3 nitrogen and oxygen atoms in total. The molecule has 3 heteroatoms. The predicted octanol–water partition coefficient (Wildman–Crippen LogP) is 3.53. The Hall–Kier alpha value is -2.00. The van der Waals surface area contributed by atoms with Crippen molar-refractivity contribution in [1.82, 2.24) is 0 Å². The molecule has 0 radical (unpaired) electrons. The number of benzene rings is 2. The van der Waals surface area contributed by atoms with E-state index in [-0.39, 0.29) is 5.92 Å². The molecule has 2 aliphatic heterocycles. The van der Waals surface area contributed by atoms with Crippen LogP contribution in [0.1, 0.15) is 23.5 Å². The molecular formula is C18H18O3. The Labute approximate surface area is 124 Å². The van der Waals surface area contributed by atoms with Gasteiger partial charge in [-0.1, -0.05) is 36.4 Å². The topological polar surface area (TPSA) is 27.7 Å². The van der Waals surface area contributed by atoms with E-state index < -0.39 is 5.79 Å². The normalized spacial score (nSPS) is 26.6. The summed E-state index contributed by atoms with van der Waals surface area (Å²) < 4.78 is 17.6. The van der Waals surface area contributed by atoms with Gasteiger partial charge < -0.3 is 14.2 Å². The lowest BCUT2D eigenvalue weighted by molar-refractivity contribution is -0.143. The zero-order chi connectivity index (χ0) is 14.3. The lowest BCUT2D eigenvalue weighted by atomic mass is 9.87. The van der Waals surface area contributed by atoms with Crippen LogP contribution in [0.4, 0.5) is 0 Å². The Morgan fingerprint density at radius 2 is 2.00 bits per heavy atom. The van der Waals surface area contributed by atoms with Crippen molar-refractivity contribution >= 4 is 0 Å². The lowest BCUT2D eigenvalue weighted by Gasteiger charge is -2.29. The summed E-state index contributed by atoms with van der Waals surface area (Å²) in [5.74, 6) is 1.44. The van der Waals surface area contributed by atoms with Crippen LogP contribution in [0.25, 0.3) is 0 Å². The van der Waals surface area contributed by atoms with Gasteiger partial charge in [0.25, 0.3) is 0 Å². The van der Waals surface area contributed by atoms with Crippen molar-refractivity contribution in [2.24, 2.45) is 0 Å². The second-order valence-corrected chi connectivity index (χ2v) is 5.66. The van der Waals surface area contributed by atoms with Crippen molar-refractivity contribution in [1.29, 1.82) is 0 Å². The highest BCUT2D eigenvalue weighted by atomic mass is 16.7. The highest BCUT2D eigenvalue weighted by molar-refractivity contribution is 5.45. The third-order valence-corrected chi connectivity index (χ3v) is 4.48. The van der Waals surface area contributed by atoms with E-state index in [4.69, 9.17) is 14.2 Å². The fourth-order valence-corrected chi connectivity index (χ4v) is 3.44. The first-order valence-electron chi connectivity index (χ1n) is 7.35. The molecule has 0 N–H and O–H groups in total. The minimum atomic E-state index is -0.546. The highest BCUT2D eigenvalue weighted by Gasteiger charge is 2.51. The van der Waals surface area contributed by atoms with Crippen LogP contribution in [0, 0.1) is 0 Å². The molecule has 0 unspecified atom stereocenters. The Kier molecular flexibility index (Phi) is 2.89. The first-order chi connectivity index (χ1) is 10.3. The van der Waals surface area contributed by atoms with Crippen molar-refractivity contribution in [3.63, 3.8) is 0 Å². The number of methoxy groups -OCH3 is 1. The maximum absolute atomic E-state index is 6.26. The molecule has 0 bridgehead atoms. The molecule has 0 aliphatic carbocycles. The highest BCUT2D eigenvalue weighted by Crippen LogP contribution is 2.49. The Balaban J connectivity index is 1.69. The second-order valence-electron chi connectivity index (χ2n) is 5.66. The summed E-state index contributed by atoms with van der Waals surface area (Å²) in [5.41, 5.74) is 2.48. The average Bonchev–Trinajstić information content (AvgIpc) is 3.10. The molecule has 2 atom stereocenters. The standard InChI is InChI=1S/C18H18O3/c1-19-15-8-7-14-12-18(21-17(14)11-15)16(9-10-20-18)13-5-3-2-4-6-13/h2-8,11,16H,9-10,12H2,1H3/t16-,18-/m1/s1. The number of hydrogen-bond donors (Lipinski definition) is 0. The maximum atomic E-state index is 6.26. The molecule has 2 aromatic carbocycles. The van der Waals surface area contributed by atoms with E-state index in [1.165, 1.54) is 11.1 Å². The average molecular weight is 282 g/mol. The molecule has 4 rings (SSSR count). The van der Waals surface area contributed by atoms with Gasteiger partial charge in [-0.2, -0.15) is 0 Å². The van der Waals surface area contributed by atoms with Gasteiger partial charge in [-0.05, 0) is 18.1 Å². The number of fused-ring (bicyclic) bond motifs is 1. The smallest absolute Gasteiger partial charge is 0.221 e. The number of hydrogen-bond acceptors (Lipinski definition) is 3. The zero-order valence-electron chi connectivity index (χ0n) is 12.0. The van der Waals surface area contributed by atoms with Crippen molar-refractivity contribution in [3.05, 3.63) is 59.7 Å². The molecule has 0 saturated carbocycles. The fraction of sp³-hybridized carbons (Fsp3) is 0.333. The van der Waals surface area contributed by atoms with Gasteiger partial charge in [-0.25, -0.2) is 0 Å². The molecule has 2 heterocycles. The SMILES string of the molecule is COc1ccc2c(c1)O[C@@]1(C2)OCC[C@@H]1c1ccccc1. The fourth-order valence-electron chi connectivity index (χ4n) is 3.44. The molecule has 2 aliphatic rings. The maximum Gasteiger partial charge on any atom is 0.221 e. The largest absolute Gasteiger partial charge is 0.497 e. The minimum absolute atomic E-state index is 0.275. The first-order valence-corrected chi connectivity index (χ1v) is 7.35. The molecule has 2 aromatic rings. The summed E-state index contributed by atoms with van der Waals surface area (Å²) in [4.78, 5) is 0. The zero-order valence-corrected chi connectivity index (χ0v) is 12.0. The van der Waals surface area contributed by atoms with Crippen LogP contribution < -0.4 is 9.47 Å². The van der Waals surface area contributed by atoms with Crippen LogP contribution in [0.15, 0.2) is 48.5 Å². The third kappa shape index (κ3) is 2.00. The number of rotatable bonds is 2. The van der Waals surface area contributed by atoms with Crippen molar-refractivity contribution in [3.8, 4) is 11.5 Å². The molecule has 108 valence electrons. The van der Waals surface area contributed by atoms with E-state index in [0.717, 1.165) is 30.9 Å². The van der Waals surface area contributed by atoms with Crippen LogP contribution in [-0.4, -0.2) is 19.5 Å². The van der Waals surface area contributed by atoms with Crippen LogP contribution in [0.2, 0.25) is 0 Å². The molecule has 0 amide bonds. The van der Waals surface area contributed by atoms with Gasteiger partial charge in [0.1, 0.15) is 11.5 Å². The van der Waals surface area contributed by atoms with E-state index in [0.29, 0.717) is 0 Å². The molecule has 1 fully saturated rings. The van der Waals surface area contributed by atoms with Crippen molar-refractivity contribution in [2.75, 3.05) is 13.7 Å². The summed E-state index contributed by atoms with van der Waals surface area (Å²) in [5, 5.41) is 0. The quantitative estimate of drug-likeness (QED) is 0.843. The minimum Gasteiger partial charge on any atom is -0.497 e. The van der Waals surface area contributed by atoms with Crippen molar-refractivity contribution in [2.45, 2.75) is 24.5 Å². The van der Waals surface area contributed by atoms with Gasteiger partial charge in [0.05, 0.1) is 19.6 Å². The summed E-state index contributed by atoms with van der Waals surface area (Å²) in [7, 11) is 1.67. The summed E-state index contributed by atoms with van der Waals surface area (Å²) in [6, 6.07) is 16.5. The number of ether oxygens (including phenoxy) is 3. The Morgan fingerprint density at radius 3 is 2.81 bits per heavy atom. The van der Waals surface area contributed by atoms with Gasteiger partial charge in [-0.15, -0.1) is 0 Å². The predicted molar refractivity (Wildman–Crippen MR) is 79.8 cm³/mol. The molecule has 1 spiro atoms. The van der Waals surface area contributed by atoms with Gasteiger partial charge in [0.15, 0.2) is 0 Å². The van der Waals surface area contributed by atoms with Crippen molar-refractivity contribution < 1.29 is 14.2 Å². The monoisotopic (exact) mass is 282 g/mol. The van der Waals surface area contributed by atoms with Crippen LogP contribution in [-0.2, 0) is 11.2 Å². The Bertz CT molecular complexity index is 653. The molecule has 1 saturated heterocycles. The van der Waals surface area contributed by atoms with Gasteiger partial charge in [0.2, 0.25) is 5.79 Å². The molecule has 0 aromatic heterocycles. The van der Waals surface area contributed by atoms with E-state index in [9.17, 15) is 0 Å². The van der Waals surface area contributed by atoms with Gasteiger partial charge >= 0.3 is 0 Å².